The molecule has 0 radical (unpaired) electrons. The van der Waals surface area contributed by atoms with Gasteiger partial charge in [0.1, 0.15) is 0 Å². The Balaban J connectivity index is 3.29. The number of hydrogen-bond donors (Lipinski definition) is 2. The quantitative estimate of drug-likeness (QED) is 0.562. The van der Waals surface area contributed by atoms with Crippen molar-refractivity contribution >= 4 is 0 Å². The lowest BCUT2D eigenvalue weighted by atomic mass is 10.0. The lowest BCUT2D eigenvalue weighted by molar-refractivity contribution is 0.0521. The van der Waals surface area contributed by atoms with Gasteiger partial charge in [0.2, 0.25) is 0 Å². The van der Waals surface area contributed by atoms with Gasteiger partial charge in [0.15, 0.2) is 0 Å². The van der Waals surface area contributed by atoms with Crippen LogP contribution in [0.4, 0.5) is 0 Å². The van der Waals surface area contributed by atoms with Crippen molar-refractivity contribution in [3.63, 3.8) is 0 Å². The van der Waals surface area contributed by atoms with Gasteiger partial charge < -0.3 is 10.2 Å². The van der Waals surface area contributed by atoms with Crippen LogP contribution in [-0.4, -0.2) is 22.9 Å². The van der Waals surface area contributed by atoms with E-state index in [1.54, 1.807) is 0 Å². The SMILES string of the molecule is CCC(C)C(O)CO. The molecule has 0 saturated heterocycles. The summed E-state index contributed by atoms with van der Waals surface area (Å²) in [6.07, 6.45) is 0.391. The van der Waals surface area contributed by atoms with Crippen molar-refractivity contribution in [1.82, 2.24) is 0 Å². The van der Waals surface area contributed by atoms with Crippen LogP contribution in [0.5, 0.6) is 0 Å². The van der Waals surface area contributed by atoms with Crippen LogP contribution >= 0.6 is 0 Å². The van der Waals surface area contributed by atoms with Crippen molar-refractivity contribution in [2.75, 3.05) is 6.61 Å². The number of rotatable bonds is 3. The molecule has 0 aromatic rings. The van der Waals surface area contributed by atoms with E-state index in [2.05, 4.69) is 0 Å². The average Bonchev–Trinajstić information content (AvgIpc) is 1.84. The molecule has 0 rings (SSSR count). The van der Waals surface area contributed by atoms with Crippen LogP contribution < -0.4 is 0 Å². The molecule has 0 fully saturated rings. The molecule has 0 saturated carbocycles. The standard InChI is InChI=1S/C6H14O2/c1-3-5(2)6(8)4-7/h5-8H,3-4H2,1-2H3. The second-order valence-corrected chi connectivity index (χ2v) is 2.14. The molecule has 2 nitrogen and oxygen atoms in total. The van der Waals surface area contributed by atoms with Crippen LogP contribution in [0.1, 0.15) is 20.3 Å². The largest absolute Gasteiger partial charge is 0.394 e. The minimum Gasteiger partial charge on any atom is -0.394 e. The van der Waals surface area contributed by atoms with E-state index in [4.69, 9.17) is 10.2 Å². The smallest absolute Gasteiger partial charge is 0.0796 e. The molecule has 0 aliphatic carbocycles. The minimum atomic E-state index is -0.528. The molecule has 50 valence electrons. The summed E-state index contributed by atoms with van der Waals surface area (Å²) in [4.78, 5) is 0. The summed E-state index contributed by atoms with van der Waals surface area (Å²) < 4.78 is 0. The van der Waals surface area contributed by atoms with Gasteiger partial charge in [-0.15, -0.1) is 0 Å². The van der Waals surface area contributed by atoms with Crippen LogP contribution in [0, 0.1) is 5.92 Å². The van der Waals surface area contributed by atoms with Crippen molar-refractivity contribution in [3.05, 3.63) is 0 Å². The van der Waals surface area contributed by atoms with Crippen molar-refractivity contribution in [3.8, 4) is 0 Å². The van der Waals surface area contributed by atoms with E-state index >= 15 is 0 Å². The van der Waals surface area contributed by atoms with E-state index in [-0.39, 0.29) is 12.5 Å². The van der Waals surface area contributed by atoms with Crippen molar-refractivity contribution < 1.29 is 10.2 Å². The van der Waals surface area contributed by atoms with Gasteiger partial charge in [-0.2, -0.15) is 0 Å². The van der Waals surface area contributed by atoms with Gasteiger partial charge in [0.25, 0.3) is 0 Å². The third kappa shape index (κ3) is 2.28. The molecule has 2 atom stereocenters. The van der Waals surface area contributed by atoms with Crippen LogP contribution in [0.3, 0.4) is 0 Å². The minimum absolute atomic E-state index is 0.116. The highest BCUT2D eigenvalue weighted by Gasteiger charge is 2.08. The maximum atomic E-state index is 8.88. The zero-order chi connectivity index (χ0) is 6.57. The summed E-state index contributed by atoms with van der Waals surface area (Å²) in [6.45, 7) is 3.79. The Morgan fingerprint density at radius 1 is 1.50 bits per heavy atom. The molecule has 0 spiro atoms. The first kappa shape index (κ1) is 7.92. The summed E-state index contributed by atoms with van der Waals surface area (Å²) in [5.74, 6) is 0.222. The second-order valence-electron chi connectivity index (χ2n) is 2.14. The molecule has 2 N–H and O–H groups in total. The van der Waals surface area contributed by atoms with Crippen LogP contribution in [-0.2, 0) is 0 Å². The Morgan fingerprint density at radius 2 is 2.00 bits per heavy atom. The summed E-state index contributed by atoms with van der Waals surface area (Å²) >= 11 is 0. The predicted octanol–water partition coefficient (Wildman–Crippen LogP) is 0.386. The van der Waals surface area contributed by atoms with Gasteiger partial charge in [0, 0.05) is 0 Å². The Kier molecular flexibility index (Phi) is 3.83. The predicted molar refractivity (Wildman–Crippen MR) is 32.5 cm³/mol. The summed E-state index contributed by atoms with van der Waals surface area (Å²) in [5, 5.41) is 17.3. The maximum Gasteiger partial charge on any atom is 0.0796 e. The van der Waals surface area contributed by atoms with E-state index in [1.165, 1.54) is 0 Å². The Hall–Kier alpha value is -0.0800. The molecule has 0 bridgehead atoms. The normalized spacial score (nSPS) is 18.0. The maximum absolute atomic E-state index is 8.88. The topological polar surface area (TPSA) is 40.5 Å². The molecular weight excluding hydrogens is 104 g/mol. The molecule has 0 heterocycles. The van der Waals surface area contributed by atoms with E-state index < -0.39 is 6.10 Å². The van der Waals surface area contributed by atoms with Crippen LogP contribution in [0.2, 0.25) is 0 Å². The van der Waals surface area contributed by atoms with E-state index in [9.17, 15) is 0 Å². The Labute approximate surface area is 50.2 Å². The fourth-order valence-corrected chi connectivity index (χ4v) is 0.452. The monoisotopic (exact) mass is 118 g/mol. The molecule has 0 aliphatic rings. The van der Waals surface area contributed by atoms with E-state index in [0.29, 0.717) is 0 Å². The lowest BCUT2D eigenvalue weighted by Crippen LogP contribution is -2.20. The van der Waals surface area contributed by atoms with Crippen molar-refractivity contribution in [2.45, 2.75) is 26.4 Å². The van der Waals surface area contributed by atoms with E-state index in [1.807, 2.05) is 13.8 Å². The Bertz CT molecular complexity index is 46.5. The van der Waals surface area contributed by atoms with Gasteiger partial charge in [-0.25, -0.2) is 0 Å². The summed E-state index contributed by atoms with van der Waals surface area (Å²) in [7, 11) is 0. The third-order valence-electron chi connectivity index (χ3n) is 1.49. The number of aliphatic hydroxyl groups excluding tert-OH is 2. The average molecular weight is 118 g/mol. The zero-order valence-corrected chi connectivity index (χ0v) is 5.46. The first-order valence-electron chi connectivity index (χ1n) is 3.01. The fourth-order valence-electron chi connectivity index (χ4n) is 0.452. The first-order valence-corrected chi connectivity index (χ1v) is 3.01. The van der Waals surface area contributed by atoms with Gasteiger partial charge in [0.05, 0.1) is 12.7 Å². The second kappa shape index (κ2) is 3.87. The van der Waals surface area contributed by atoms with Crippen molar-refractivity contribution in [2.24, 2.45) is 5.92 Å². The van der Waals surface area contributed by atoms with Crippen molar-refractivity contribution in [1.29, 1.82) is 0 Å². The van der Waals surface area contributed by atoms with Gasteiger partial charge in [-0.05, 0) is 5.92 Å². The van der Waals surface area contributed by atoms with Crippen LogP contribution in [0.25, 0.3) is 0 Å². The van der Waals surface area contributed by atoms with Gasteiger partial charge in [-0.3, -0.25) is 0 Å². The fraction of sp³-hybridized carbons (Fsp3) is 1.00. The molecule has 0 aliphatic heterocycles. The molecule has 0 aromatic heterocycles. The first-order chi connectivity index (χ1) is 3.72. The Morgan fingerprint density at radius 3 is 2.12 bits per heavy atom. The molecule has 0 amide bonds. The molecule has 2 unspecified atom stereocenters. The van der Waals surface area contributed by atoms with Crippen LogP contribution in [0.15, 0.2) is 0 Å². The molecular formula is C6H14O2. The molecule has 0 aromatic carbocycles. The van der Waals surface area contributed by atoms with Gasteiger partial charge in [-0.1, -0.05) is 20.3 Å². The number of aliphatic hydroxyl groups is 2. The summed E-state index contributed by atoms with van der Waals surface area (Å²) in [5.41, 5.74) is 0. The molecule has 8 heavy (non-hydrogen) atoms. The molecule has 2 heteroatoms. The highest BCUT2D eigenvalue weighted by molar-refractivity contribution is 4.59. The highest BCUT2D eigenvalue weighted by atomic mass is 16.3. The third-order valence-corrected chi connectivity index (χ3v) is 1.49. The van der Waals surface area contributed by atoms with E-state index in [0.717, 1.165) is 6.42 Å². The number of hydrogen-bond acceptors (Lipinski definition) is 2. The lowest BCUT2D eigenvalue weighted by Gasteiger charge is -2.12. The van der Waals surface area contributed by atoms with Gasteiger partial charge >= 0.3 is 0 Å². The zero-order valence-electron chi connectivity index (χ0n) is 5.46. The highest BCUT2D eigenvalue weighted by Crippen LogP contribution is 2.05. The summed E-state index contributed by atoms with van der Waals surface area (Å²) in [6, 6.07) is 0.